The highest BCUT2D eigenvalue weighted by Crippen LogP contribution is 2.74. The normalized spacial score (nSPS) is 44.8. The molecule has 0 bridgehead atoms. The molecule has 0 saturated heterocycles. The molecule has 7 aromatic rings. The van der Waals surface area contributed by atoms with Crippen LogP contribution in [0.5, 0.6) is 0 Å². The van der Waals surface area contributed by atoms with Crippen LogP contribution in [-0.4, -0.2) is 121 Å². The number of carbonyl (C=O) groups excluding carboxylic acids is 4. The van der Waals surface area contributed by atoms with Crippen molar-refractivity contribution in [2.24, 2.45) is 162 Å². The molecule has 16 aliphatic rings. The van der Waals surface area contributed by atoms with E-state index >= 15 is 0 Å². The molecule has 16 saturated carbocycles. The number of nitrogens with zero attached hydrogens (tertiary/aromatic N) is 11. The van der Waals surface area contributed by atoms with Crippen molar-refractivity contribution in [3.8, 4) is 0 Å². The third-order valence-corrected chi connectivity index (χ3v) is 44.3. The maximum Gasteiger partial charge on any atom is 0.159 e. The Morgan fingerprint density at radius 3 is 1.00 bits per heavy atom. The Kier molecular flexibility index (Phi) is 23.8. The van der Waals surface area contributed by atoms with Crippen LogP contribution in [-0.2, 0) is 45.4 Å². The van der Waals surface area contributed by atoms with Gasteiger partial charge in [-0.05, 0) is 484 Å². The number of fused-ring (bicyclic) bond motifs is 23. The fourth-order valence-electron chi connectivity index (χ4n) is 37.0. The molecular weight excluding hydrogens is 1640 g/mol. The average molecular weight is 1800 g/mol. The second-order valence-electron chi connectivity index (χ2n) is 51.9. The minimum absolute atomic E-state index is 0.116. The first-order valence-corrected chi connectivity index (χ1v) is 53.3. The Morgan fingerprint density at radius 1 is 0.303 bits per heavy atom. The van der Waals surface area contributed by atoms with E-state index < -0.39 is 22.4 Å². The molecule has 19 nitrogen and oxygen atoms in total. The van der Waals surface area contributed by atoms with Gasteiger partial charge in [-0.1, -0.05) is 84.0 Å². The fourth-order valence-corrected chi connectivity index (χ4v) is 37.0. The summed E-state index contributed by atoms with van der Waals surface area (Å²) in [5, 5.41) is 73.8. The SMILES string of the molecule is Cc1ccc2c(c1)nnn2CC(=O)[C@H]1CC[C@H]2[C@@H]3CC[C@@H]4C[C@](C)(O)CC[C@]4(C)[C@H]3CC[C@]12C.Cc1ccc2nn(CC(=O)[C@H]3CC[C@H]4[C@@H]5CC[C@@H]6C[C@](C)(O)CC[C@]6(C)[C@H]5CC[C@]34C)nc2c1.Cc1ccc2nnn(CC(=O)[C@H]3CC[C@H]4[C@@H]5CC[C@@H]6C[C@](C)(O)CC[C@]6(C)[C@H]5CC[C@]34C)c2c1.Cc1ccn(CC(=O)[C@H]2CC[C@H]3[C@@H]4CC[C@@H]5C[C@](C)(O)CC[C@]5(C)[C@H]4CC[C@]23C)n1. The highest BCUT2D eigenvalue weighted by Gasteiger charge is 2.68. The van der Waals surface area contributed by atoms with Gasteiger partial charge in [0.2, 0.25) is 0 Å². The first-order valence-electron chi connectivity index (χ1n) is 53.3. The van der Waals surface area contributed by atoms with Crippen LogP contribution < -0.4 is 0 Å². The number of aromatic nitrogens is 11. The highest BCUT2D eigenvalue weighted by atomic mass is 16.3. The zero-order chi connectivity index (χ0) is 93.0. The Hall–Kier alpha value is -6.41. The standard InChI is InChI=1S/3C29H41N3O2.C26H40N2O2/c1-18-5-10-25-24(15-18)30-31-32(25)17-26(33)23-9-8-21-20-7-6-19-16-27(2,34)13-14-28(19,3)22(20)11-12-29(21,23)4;1-18-5-10-24-25(15-18)32(31-30-24)17-26(33)23-9-8-21-20-7-6-19-16-27(2,34)13-14-28(19,3)22(20)11-12-29(21,23)4;1-18-5-10-24-25(15-18)31-32(30-24)17-26(33)23-9-8-21-20-7-6-19-16-27(2,34)13-14-28(19,3)22(20)11-12-29(21,23)4;1-17-10-14-28(27-17)16-23(29)22-8-7-20-19-6-5-18-15-24(2,30)12-13-25(18,3)21(19)9-11-26(20,22)4/h3*5,10,15,19-23,34H,6-9,11-14,16-17H2,1-4H3;10,14,18-22,30H,5-9,11-13,15-16H2,1-4H3/t3*19-,20+,21+,22+,23-,27-,28+,29+;18-,19+,20+,21+,22-,24-,25+,26+/m1111/s1. The zero-order valence-electron chi connectivity index (χ0n) is 83.5. The molecule has 16 fully saturated rings. The fraction of sp³-hybridized carbons (Fsp3) is 0.779. The number of hydrogen-bond acceptors (Lipinski definition) is 15. The van der Waals surface area contributed by atoms with E-state index in [9.17, 15) is 39.6 Å². The Balaban J connectivity index is 0.000000110. The van der Waals surface area contributed by atoms with Crippen LogP contribution >= 0.6 is 0 Å². The van der Waals surface area contributed by atoms with Gasteiger partial charge in [0, 0.05) is 29.9 Å². The molecule has 4 heterocycles. The summed E-state index contributed by atoms with van der Waals surface area (Å²) >= 11 is 0. The summed E-state index contributed by atoms with van der Waals surface area (Å²) in [5.74, 6) is 13.4. The summed E-state index contributed by atoms with van der Waals surface area (Å²) < 4.78 is 5.48. The lowest BCUT2D eigenvalue weighted by Crippen LogP contribution is -2.55. The van der Waals surface area contributed by atoms with Crippen LogP contribution in [0.3, 0.4) is 0 Å². The second kappa shape index (κ2) is 33.7. The molecule has 132 heavy (non-hydrogen) atoms. The summed E-state index contributed by atoms with van der Waals surface area (Å²) in [6.07, 6.45) is 43.2. The molecule has 32 atom stereocenters. The topological polar surface area (TPSA) is 259 Å². The molecule has 4 aromatic heterocycles. The van der Waals surface area contributed by atoms with Gasteiger partial charge < -0.3 is 20.4 Å². The van der Waals surface area contributed by atoms with Crippen molar-refractivity contribution in [2.75, 3.05) is 0 Å². The number of ketones is 4. The molecule has 0 unspecified atom stereocenters. The van der Waals surface area contributed by atoms with Crippen molar-refractivity contribution in [1.29, 1.82) is 0 Å². The van der Waals surface area contributed by atoms with Gasteiger partial charge in [0.1, 0.15) is 41.7 Å². The number of aliphatic hydroxyl groups is 4. The van der Waals surface area contributed by atoms with Crippen molar-refractivity contribution in [3.05, 3.63) is 89.2 Å². The smallest absolute Gasteiger partial charge is 0.159 e. The number of hydrogen-bond donors (Lipinski definition) is 4. The Bertz CT molecular complexity index is 5500. The van der Waals surface area contributed by atoms with Crippen LogP contribution in [0.4, 0.5) is 0 Å². The summed E-state index contributed by atoms with van der Waals surface area (Å²) in [6, 6.07) is 20.4. The average Bonchev–Trinajstić information content (AvgIpc) is 1.50. The molecule has 718 valence electrons. The molecule has 3 aromatic carbocycles. The quantitative estimate of drug-likeness (QED) is 0.0887. The number of benzene rings is 3. The maximum absolute atomic E-state index is 13.7. The van der Waals surface area contributed by atoms with Gasteiger partial charge >= 0.3 is 0 Å². The van der Waals surface area contributed by atoms with E-state index in [1.54, 1.807) is 4.80 Å². The van der Waals surface area contributed by atoms with E-state index in [1.807, 2.05) is 103 Å². The van der Waals surface area contributed by atoms with Gasteiger partial charge in [-0.2, -0.15) is 20.1 Å². The van der Waals surface area contributed by atoms with E-state index in [-0.39, 0.29) is 45.3 Å². The molecule has 4 N–H and O–H groups in total. The largest absolute Gasteiger partial charge is 0.390 e. The van der Waals surface area contributed by atoms with Gasteiger partial charge in [0.15, 0.2) is 23.1 Å². The Labute approximate surface area is 787 Å². The zero-order valence-corrected chi connectivity index (χ0v) is 83.5. The molecule has 23 rings (SSSR count). The molecule has 0 spiro atoms. The maximum atomic E-state index is 13.7. The first-order chi connectivity index (χ1) is 62.4. The predicted octanol–water partition coefficient (Wildman–Crippen LogP) is 22.3. The number of carbonyl (C=O) groups is 4. The molecule has 0 radical (unpaired) electrons. The lowest BCUT2D eigenvalue weighted by molar-refractivity contribution is -0.151. The highest BCUT2D eigenvalue weighted by molar-refractivity contribution is 5.86. The van der Waals surface area contributed by atoms with Crippen molar-refractivity contribution >= 4 is 56.2 Å². The van der Waals surface area contributed by atoms with E-state index in [4.69, 9.17) is 0 Å². The summed E-state index contributed by atoms with van der Waals surface area (Å²) in [6.45, 7) is 37.7. The lowest BCUT2D eigenvalue weighted by Gasteiger charge is -2.61. The van der Waals surface area contributed by atoms with Crippen molar-refractivity contribution in [3.63, 3.8) is 0 Å². The third-order valence-electron chi connectivity index (χ3n) is 44.3. The summed E-state index contributed by atoms with van der Waals surface area (Å²) in [4.78, 5) is 56.0. The van der Waals surface area contributed by atoms with E-state index in [2.05, 4.69) is 124 Å². The van der Waals surface area contributed by atoms with Gasteiger partial charge in [0.25, 0.3) is 0 Å². The Morgan fingerprint density at radius 2 is 0.621 bits per heavy atom. The molecule has 19 heteroatoms. The van der Waals surface area contributed by atoms with Crippen molar-refractivity contribution < 1.29 is 39.6 Å². The van der Waals surface area contributed by atoms with Crippen molar-refractivity contribution in [1.82, 2.24) is 54.8 Å². The van der Waals surface area contributed by atoms with Crippen LogP contribution in [0.1, 0.15) is 337 Å². The van der Waals surface area contributed by atoms with Crippen LogP contribution in [0.2, 0.25) is 0 Å². The van der Waals surface area contributed by atoms with E-state index in [1.165, 1.54) is 152 Å². The number of rotatable bonds is 12. The van der Waals surface area contributed by atoms with Gasteiger partial charge in [-0.3, -0.25) is 23.9 Å². The van der Waals surface area contributed by atoms with E-state index in [0.29, 0.717) is 118 Å². The molecule has 0 amide bonds. The third kappa shape index (κ3) is 16.1. The molecule has 0 aliphatic heterocycles. The molecular formula is C113H163N11O8. The summed E-state index contributed by atoms with van der Waals surface area (Å²) in [5.41, 5.74) is 10.0. The van der Waals surface area contributed by atoms with Crippen molar-refractivity contribution in [2.45, 2.75) is 391 Å². The van der Waals surface area contributed by atoms with Crippen LogP contribution in [0.25, 0.3) is 33.1 Å². The predicted molar refractivity (Wildman–Crippen MR) is 517 cm³/mol. The molecule has 16 aliphatic carbocycles. The van der Waals surface area contributed by atoms with E-state index in [0.717, 1.165) is 182 Å². The van der Waals surface area contributed by atoms with Crippen LogP contribution in [0, 0.1) is 189 Å². The monoisotopic (exact) mass is 1800 g/mol. The van der Waals surface area contributed by atoms with Gasteiger partial charge in [-0.25, -0.2) is 9.36 Å². The number of aryl methyl sites for hydroxylation is 4. The van der Waals surface area contributed by atoms with Gasteiger partial charge in [0.05, 0.1) is 45.7 Å². The lowest BCUT2D eigenvalue weighted by atomic mass is 9.44. The minimum atomic E-state index is -0.477. The second-order valence-corrected chi connectivity index (χ2v) is 51.9. The minimum Gasteiger partial charge on any atom is -0.390 e. The number of Topliss-reactive ketones (excluding diaryl/α,β-unsaturated/α-hetero) is 4. The van der Waals surface area contributed by atoms with Crippen LogP contribution in [0.15, 0.2) is 66.9 Å². The first kappa shape index (κ1) is 93.2. The summed E-state index contributed by atoms with van der Waals surface area (Å²) in [7, 11) is 0. The van der Waals surface area contributed by atoms with Gasteiger partial charge in [-0.15, -0.1) is 10.2 Å².